The summed E-state index contributed by atoms with van der Waals surface area (Å²) in [6.45, 7) is 5.69. The maximum Gasteiger partial charge on any atom is 0.243 e. The fraction of sp³-hybridized carbons (Fsp3) is 0.619. The number of benzene rings is 1. The summed E-state index contributed by atoms with van der Waals surface area (Å²) >= 11 is 1.55. The van der Waals surface area contributed by atoms with Crippen molar-refractivity contribution in [1.82, 2.24) is 10.2 Å². The van der Waals surface area contributed by atoms with Crippen LogP contribution < -0.4 is 5.32 Å². The van der Waals surface area contributed by atoms with Crippen LogP contribution in [0.25, 0.3) is 0 Å². The zero-order valence-corrected chi connectivity index (χ0v) is 17.5. The van der Waals surface area contributed by atoms with Gasteiger partial charge in [0.25, 0.3) is 0 Å². The maximum absolute atomic E-state index is 14.5. The number of rotatable bonds is 4. The van der Waals surface area contributed by atoms with Gasteiger partial charge in [0.05, 0.1) is 5.88 Å². The lowest BCUT2D eigenvalue weighted by Crippen LogP contribution is -2.52. The number of amides is 2. The van der Waals surface area contributed by atoms with E-state index in [-0.39, 0.29) is 23.9 Å². The van der Waals surface area contributed by atoms with Crippen LogP contribution in [0.3, 0.4) is 0 Å². The van der Waals surface area contributed by atoms with E-state index in [0.717, 1.165) is 12.8 Å². The fourth-order valence-corrected chi connectivity index (χ4v) is 5.39. The number of nitrogens with one attached hydrogen (secondary N) is 1. The molecular formula is C21H28F2N2O2S. The number of thioether (sulfide) groups is 1. The van der Waals surface area contributed by atoms with Gasteiger partial charge in [-0.25, -0.2) is 8.78 Å². The van der Waals surface area contributed by atoms with Crippen molar-refractivity contribution in [3.63, 3.8) is 0 Å². The van der Waals surface area contributed by atoms with Crippen molar-refractivity contribution in [2.75, 3.05) is 18.2 Å². The summed E-state index contributed by atoms with van der Waals surface area (Å²) in [6, 6.07) is 3.37. The number of nitrogens with zero attached hydrogens (tertiary/aromatic N) is 1. The van der Waals surface area contributed by atoms with Crippen molar-refractivity contribution < 1.29 is 18.4 Å². The molecule has 7 heteroatoms. The van der Waals surface area contributed by atoms with Crippen LogP contribution in [-0.2, 0) is 15.0 Å². The van der Waals surface area contributed by atoms with Gasteiger partial charge in [0.1, 0.15) is 17.7 Å². The number of hydrogen-bond donors (Lipinski definition) is 1. The first-order valence-corrected chi connectivity index (χ1v) is 10.9. The van der Waals surface area contributed by atoms with E-state index in [2.05, 4.69) is 5.32 Å². The SMILES string of the molecule is CC(C)(C)C(=O)N1CSCC1C(=O)NCC1(c2c(F)cccc2F)CCCC1. The average Bonchev–Trinajstić information content (AvgIpc) is 3.28. The molecule has 1 aliphatic heterocycles. The van der Waals surface area contributed by atoms with E-state index in [1.165, 1.54) is 18.2 Å². The van der Waals surface area contributed by atoms with Crippen molar-refractivity contribution in [2.45, 2.75) is 57.9 Å². The van der Waals surface area contributed by atoms with Crippen LogP contribution in [0.5, 0.6) is 0 Å². The third-order valence-corrected chi connectivity index (χ3v) is 6.75. The second kappa shape index (κ2) is 8.01. The van der Waals surface area contributed by atoms with Gasteiger partial charge < -0.3 is 10.2 Å². The van der Waals surface area contributed by atoms with Gasteiger partial charge >= 0.3 is 0 Å². The van der Waals surface area contributed by atoms with Gasteiger partial charge in [0.15, 0.2) is 0 Å². The number of hydrogen-bond acceptors (Lipinski definition) is 3. The van der Waals surface area contributed by atoms with Crippen LogP contribution in [0, 0.1) is 17.0 Å². The third kappa shape index (κ3) is 4.04. The molecule has 2 fully saturated rings. The summed E-state index contributed by atoms with van der Waals surface area (Å²) in [5.41, 5.74) is -1.21. The monoisotopic (exact) mass is 410 g/mol. The van der Waals surface area contributed by atoms with Crippen molar-refractivity contribution in [1.29, 1.82) is 0 Å². The summed E-state index contributed by atoms with van der Waals surface area (Å²) < 4.78 is 28.9. The molecule has 1 saturated carbocycles. The van der Waals surface area contributed by atoms with Crippen LogP contribution in [0.15, 0.2) is 18.2 Å². The Kier molecular flexibility index (Phi) is 6.03. The predicted molar refractivity (Wildman–Crippen MR) is 107 cm³/mol. The minimum Gasteiger partial charge on any atom is -0.353 e. The normalized spacial score (nSPS) is 21.8. The van der Waals surface area contributed by atoms with Gasteiger partial charge in [-0.1, -0.05) is 39.7 Å². The summed E-state index contributed by atoms with van der Waals surface area (Å²) in [5, 5.41) is 2.92. The van der Waals surface area contributed by atoms with Gasteiger partial charge in [-0.2, -0.15) is 0 Å². The molecule has 2 amide bonds. The van der Waals surface area contributed by atoms with Crippen molar-refractivity contribution in [3.05, 3.63) is 35.4 Å². The molecule has 1 N–H and O–H groups in total. The molecule has 4 nitrogen and oxygen atoms in total. The molecular weight excluding hydrogens is 382 g/mol. The van der Waals surface area contributed by atoms with Crippen molar-refractivity contribution in [3.8, 4) is 0 Å². The molecule has 3 rings (SSSR count). The fourth-order valence-electron chi connectivity index (χ4n) is 4.24. The van der Waals surface area contributed by atoms with Gasteiger partial charge in [-0.05, 0) is 25.0 Å². The Morgan fingerprint density at radius 1 is 1.21 bits per heavy atom. The maximum atomic E-state index is 14.5. The van der Waals surface area contributed by atoms with E-state index < -0.39 is 28.5 Å². The average molecular weight is 411 g/mol. The van der Waals surface area contributed by atoms with Crippen LogP contribution >= 0.6 is 11.8 Å². The molecule has 0 spiro atoms. The smallest absolute Gasteiger partial charge is 0.243 e. The summed E-state index contributed by atoms with van der Waals surface area (Å²) in [4.78, 5) is 27.1. The van der Waals surface area contributed by atoms with E-state index in [0.29, 0.717) is 24.5 Å². The Hall–Kier alpha value is -1.63. The molecule has 0 radical (unpaired) electrons. The van der Waals surface area contributed by atoms with Crippen LogP contribution in [0.1, 0.15) is 52.0 Å². The second-order valence-corrected chi connectivity index (χ2v) is 9.84. The standard InChI is InChI=1S/C21H28F2N2O2S/c1-20(2,3)19(27)25-13-28-11-16(25)18(26)24-12-21(9-4-5-10-21)17-14(22)7-6-8-15(17)23/h6-8,16H,4-5,9-13H2,1-3H3,(H,24,26). The molecule has 1 aliphatic carbocycles. The highest BCUT2D eigenvalue weighted by molar-refractivity contribution is 7.99. The van der Waals surface area contributed by atoms with E-state index in [4.69, 9.17) is 0 Å². The largest absolute Gasteiger partial charge is 0.353 e. The van der Waals surface area contributed by atoms with Gasteiger partial charge in [0, 0.05) is 28.7 Å². The second-order valence-electron chi connectivity index (χ2n) is 8.84. The quantitative estimate of drug-likeness (QED) is 0.821. The van der Waals surface area contributed by atoms with Crippen LogP contribution in [0.2, 0.25) is 0 Å². The molecule has 1 saturated heterocycles. The van der Waals surface area contributed by atoms with Gasteiger partial charge in [-0.3, -0.25) is 9.59 Å². The molecule has 0 aromatic heterocycles. The summed E-state index contributed by atoms with van der Waals surface area (Å²) in [6.07, 6.45) is 3.01. The Morgan fingerprint density at radius 3 is 2.39 bits per heavy atom. The Morgan fingerprint density at radius 2 is 1.82 bits per heavy atom. The number of carbonyl (C=O) groups excluding carboxylic acids is 2. The van der Waals surface area contributed by atoms with E-state index in [1.807, 2.05) is 20.8 Å². The predicted octanol–water partition coefficient (Wildman–Crippen LogP) is 3.84. The first kappa shape index (κ1) is 21.1. The van der Waals surface area contributed by atoms with Crippen molar-refractivity contribution in [2.24, 2.45) is 5.41 Å². The van der Waals surface area contributed by atoms with Gasteiger partial charge in [-0.15, -0.1) is 11.8 Å². The Bertz CT molecular complexity index is 737. The first-order valence-electron chi connectivity index (χ1n) is 9.77. The Labute approximate surface area is 169 Å². The summed E-state index contributed by atoms with van der Waals surface area (Å²) in [7, 11) is 0. The highest BCUT2D eigenvalue weighted by atomic mass is 32.2. The topological polar surface area (TPSA) is 49.4 Å². The highest BCUT2D eigenvalue weighted by Crippen LogP contribution is 2.43. The molecule has 1 atom stereocenters. The van der Waals surface area contributed by atoms with Gasteiger partial charge in [0.2, 0.25) is 11.8 Å². The summed E-state index contributed by atoms with van der Waals surface area (Å²) in [5.74, 6) is -0.399. The minimum atomic E-state index is -0.726. The first-order chi connectivity index (χ1) is 13.2. The lowest BCUT2D eigenvalue weighted by molar-refractivity contribution is -0.144. The third-order valence-electron chi connectivity index (χ3n) is 5.74. The molecule has 1 heterocycles. The molecule has 0 bridgehead atoms. The highest BCUT2D eigenvalue weighted by Gasteiger charge is 2.42. The zero-order valence-electron chi connectivity index (χ0n) is 16.7. The lowest BCUT2D eigenvalue weighted by Gasteiger charge is -2.33. The molecule has 28 heavy (non-hydrogen) atoms. The molecule has 154 valence electrons. The number of halogens is 2. The van der Waals surface area contributed by atoms with E-state index in [9.17, 15) is 18.4 Å². The lowest BCUT2D eigenvalue weighted by atomic mass is 9.78. The Balaban J connectivity index is 1.76. The minimum absolute atomic E-state index is 0.0617. The van der Waals surface area contributed by atoms with E-state index in [1.54, 1.807) is 16.7 Å². The number of carbonyl (C=O) groups is 2. The zero-order chi connectivity index (χ0) is 20.5. The molecule has 1 aromatic carbocycles. The van der Waals surface area contributed by atoms with E-state index >= 15 is 0 Å². The molecule has 1 unspecified atom stereocenters. The van der Waals surface area contributed by atoms with Crippen LogP contribution in [-0.4, -0.2) is 40.9 Å². The molecule has 1 aromatic rings. The molecule has 2 aliphatic rings. The van der Waals surface area contributed by atoms with Crippen LogP contribution in [0.4, 0.5) is 8.78 Å². The van der Waals surface area contributed by atoms with Crippen molar-refractivity contribution >= 4 is 23.6 Å².